The minimum absolute atomic E-state index is 0.166. The molecule has 5 rings (SSSR count). The predicted octanol–water partition coefficient (Wildman–Crippen LogP) is 4.56. The van der Waals surface area contributed by atoms with Gasteiger partial charge in [0.15, 0.2) is 0 Å². The molecular formula is C27H29ClN4O2. The zero-order valence-corrected chi connectivity index (χ0v) is 20.4. The molecule has 34 heavy (non-hydrogen) atoms. The number of para-hydroxylation sites is 1. The molecule has 0 unspecified atom stereocenters. The normalized spacial score (nSPS) is 16.4. The van der Waals surface area contributed by atoms with E-state index in [0.717, 1.165) is 66.9 Å². The molecule has 6 nitrogen and oxygen atoms in total. The minimum Gasteiger partial charge on any atom is -0.369 e. The van der Waals surface area contributed by atoms with Crippen LogP contribution >= 0.6 is 11.6 Å². The molecule has 0 bridgehead atoms. The lowest BCUT2D eigenvalue weighted by molar-refractivity contribution is 0.0645. The van der Waals surface area contributed by atoms with Crippen molar-refractivity contribution >= 4 is 29.1 Å². The Kier molecular flexibility index (Phi) is 6.19. The van der Waals surface area contributed by atoms with E-state index in [1.54, 1.807) is 0 Å². The van der Waals surface area contributed by atoms with E-state index in [-0.39, 0.29) is 11.8 Å². The average molecular weight is 477 g/mol. The summed E-state index contributed by atoms with van der Waals surface area (Å²) >= 11 is 6.13. The van der Waals surface area contributed by atoms with E-state index in [9.17, 15) is 9.59 Å². The summed E-state index contributed by atoms with van der Waals surface area (Å²) in [4.78, 5) is 32.6. The Bertz CT molecular complexity index is 1190. The highest BCUT2D eigenvalue weighted by molar-refractivity contribution is 6.30. The van der Waals surface area contributed by atoms with Crippen LogP contribution in [0.5, 0.6) is 0 Å². The van der Waals surface area contributed by atoms with Crippen LogP contribution in [-0.4, -0.2) is 65.4 Å². The summed E-state index contributed by atoms with van der Waals surface area (Å²) in [5, 5.41) is 0.757. The SMILES string of the molecule is Cc1c2c(c(C)n1-c1ccccc1)C(=O)N(CCCN1CCN(c3cccc(Cl)c3)CC1)C2=O. The molecule has 0 saturated carbocycles. The Hall–Kier alpha value is -3.09. The molecule has 2 aromatic carbocycles. The maximum Gasteiger partial charge on any atom is 0.263 e. The molecule has 0 aliphatic carbocycles. The first kappa shape index (κ1) is 22.7. The second-order valence-electron chi connectivity index (χ2n) is 9.02. The number of rotatable bonds is 6. The van der Waals surface area contributed by atoms with Crippen LogP contribution in [0, 0.1) is 13.8 Å². The first-order valence-electron chi connectivity index (χ1n) is 11.8. The monoisotopic (exact) mass is 476 g/mol. The summed E-state index contributed by atoms with van der Waals surface area (Å²) in [7, 11) is 0. The molecule has 1 saturated heterocycles. The Morgan fingerprint density at radius 3 is 2.00 bits per heavy atom. The summed E-state index contributed by atoms with van der Waals surface area (Å²) in [5.74, 6) is -0.331. The van der Waals surface area contributed by atoms with Crippen molar-refractivity contribution in [2.45, 2.75) is 20.3 Å². The maximum atomic E-state index is 13.2. The van der Waals surface area contributed by atoms with Crippen LogP contribution < -0.4 is 4.90 Å². The standard InChI is InChI=1S/C27H29ClN4O2/c1-19-24-25(20(2)32(19)22-9-4-3-5-10-22)27(34)31(26(24)33)13-7-12-29-14-16-30(17-15-29)23-11-6-8-21(28)18-23/h3-6,8-11,18H,7,12-17H2,1-2H3. The second-order valence-corrected chi connectivity index (χ2v) is 9.45. The van der Waals surface area contributed by atoms with Crippen molar-refractivity contribution in [1.82, 2.24) is 14.4 Å². The zero-order valence-electron chi connectivity index (χ0n) is 19.6. The number of amides is 2. The van der Waals surface area contributed by atoms with E-state index in [1.807, 2.05) is 66.9 Å². The molecule has 7 heteroatoms. The Morgan fingerprint density at radius 1 is 0.765 bits per heavy atom. The summed E-state index contributed by atoms with van der Waals surface area (Å²) in [6, 6.07) is 17.8. The summed E-state index contributed by atoms with van der Waals surface area (Å²) in [6.07, 6.45) is 0.774. The fourth-order valence-corrected chi connectivity index (χ4v) is 5.43. The average Bonchev–Trinajstić information content (AvgIpc) is 3.26. The molecule has 3 aromatic rings. The number of fused-ring (bicyclic) bond motifs is 1. The highest BCUT2D eigenvalue weighted by Gasteiger charge is 2.41. The number of carbonyl (C=O) groups excluding carboxylic acids is 2. The van der Waals surface area contributed by atoms with E-state index >= 15 is 0 Å². The van der Waals surface area contributed by atoms with Gasteiger partial charge in [-0.3, -0.25) is 19.4 Å². The smallest absolute Gasteiger partial charge is 0.263 e. The van der Waals surface area contributed by atoms with Crippen molar-refractivity contribution in [3.05, 3.63) is 82.1 Å². The lowest BCUT2D eigenvalue weighted by Gasteiger charge is -2.36. The van der Waals surface area contributed by atoms with Gasteiger partial charge in [0, 0.05) is 60.5 Å². The van der Waals surface area contributed by atoms with Crippen LogP contribution in [-0.2, 0) is 0 Å². The number of piperazine rings is 1. The van der Waals surface area contributed by atoms with E-state index in [0.29, 0.717) is 17.7 Å². The molecule has 1 fully saturated rings. The van der Waals surface area contributed by atoms with Gasteiger partial charge in [0.05, 0.1) is 11.1 Å². The van der Waals surface area contributed by atoms with Crippen molar-refractivity contribution in [2.75, 3.05) is 44.2 Å². The van der Waals surface area contributed by atoms with Crippen LogP contribution in [0.3, 0.4) is 0 Å². The number of nitrogens with zero attached hydrogens (tertiary/aromatic N) is 4. The third-order valence-electron chi connectivity index (χ3n) is 6.98. The molecule has 0 atom stereocenters. The van der Waals surface area contributed by atoms with Gasteiger partial charge >= 0.3 is 0 Å². The van der Waals surface area contributed by atoms with E-state index in [4.69, 9.17) is 11.6 Å². The van der Waals surface area contributed by atoms with Gasteiger partial charge in [-0.15, -0.1) is 0 Å². The topological polar surface area (TPSA) is 48.8 Å². The van der Waals surface area contributed by atoms with E-state index in [1.165, 1.54) is 4.90 Å². The van der Waals surface area contributed by atoms with Gasteiger partial charge in [0.25, 0.3) is 11.8 Å². The van der Waals surface area contributed by atoms with Gasteiger partial charge in [-0.2, -0.15) is 0 Å². The number of benzene rings is 2. The van der Waals surface area contributed by atoms with Crippen molar-refractivity contribution < 1.29 is 9.59 Å². The molecule has 176 valence electrons. The van der Waals surface area contributed by atoms with Gasteiger partial charge < -0.3 is 9.47 Å². The predicted molar refractivity (Wildman–Crippen MR) is 135 cm³/mol. The number of hydrogen-bond donors (Lipinski definition) is 0. The molecule has 0 N–H and O–H groups in total. The zero-order chi connectivity index (χ0) is 23.8. The lowest BCUT2D eigenvalue weighted by Crippen LogP contribution is -2.47. The summed E-state index contributed by atoms with van der Waals surface area (Å²) < 4.78 is 2.01. The second kappa shape index (κ2) is 9.28. The molecule has 0 radical (unpaired) electrons. The molecule has 2 aliphatic rings. The van der Waals surface area contributed by atoms with Crippen LogP contribution in [0.4, 0.5) is 5.69 Å². The summed E-state index contributed by atoms with van der Waals surface area (Å²) in [5.41, 5.74) is 4.90. The number of anilines is 1. The third-order valence-corrected chi connectivity index (χ3v) is 7.21. The summed E-state index contributed by atoms with van der Waals surface area (Å²) in [6.45, 7) is 8.95. The van der Waals surface area contributed by atoms with E-state index in [2.05, 4.69) is 15.9 Å². The molecular weight excluding hydrogens is 448 g/mol. The molecule has 3 heterocycles. The number of halogens is 1. The van der Waals surface area contributed by atoms with Crippen LogP contribution in [0.25, 0.3) is 5.69 Å². The van der Waals surface area contributed by atoms with Gasteiger partial charge in [0.1, 0.15) is 0 Å². The fraction of sp³-hybridized carbons (Fsp3) is 0.333. The van der Waals surface area contributed by atoms with Crippen molar-refractivity contribution in [3.8, 4) is 5.69 Å². The molecule has 0 spiro atoms. The van der Waals surface area contributed by atoms with Gasteiger partial charge in [-0.05, 0) is 57.1 Å². The van der Waals surface area contributed by atoms with Gasteiger partial charge in [-0.1, -0.05) is 35.9 Å². The Morgan fingerprint density at radius 2 is 1.38 bits per heavy atom. The fourth-order valence-electron chi connectivity index (χ4n) is 5.24. The molecule has 2 amide bonds. The van der Waals surface area contributed by atoms with Crippen molar-refractivity contribution in [2.24, 2.45) is 0 Å². The molecule has 1 aromatic heterocycles. The highest BCUT2D eigenvalue weighted by Crippen LogP contribution is 2.33. The number of hydrogen-bond acceptors (Lipinski definition) is 4. The number of aromatic nitrogens is 1. The third kappa shape index (κ3) is 4.01. The maximum absolute atomic E-state index is 13.2. The van der Waals surface area contributed by atoms with Gasteiger partial charge in [-0.25, -0.2) is 0 Å². The lowest BCUT2D eigenvalue weighted by atomic mass is 10.1. The Balaban J connectivity index is 1.19. The minimum atomic E-state index is -0.166. The van der Waals surface area contributed by atoms with Crippen LogP contribution in [0.1, 0.15) is 38.5 Å². The Labute approximate surface area is 205 Å². The highest BCUT2D eigenvalue weighted by atomic mass is 35.5. The number of carbonyl (C=O) groups is 2. The molecule has 2 aliphatic heterocycles. The first-order valence-corrected chi connectivity index (χ1v) is 12.2. The van der Waals surface area contributed by atoms with Crippen molar-refractivity contribution in [3.63, 3.8) is 0 Å². The van der Waals surface area contributed by atoms with Crippen LogP contribution in [0.15, 0.2) is 54.6 Å². The van der Waals surface area contributed by atoms with Crippen molar-refractivity contribution in [1.29, 1.82) is 0 Å². The number of imide groups is 1. The van der Waals surface area contributed by atoms with Crippen LogP contribution in [0.2, 0.25) is 5.02 Å². The van der Waals surface area contributed by atoms with E-state index < -0.39 is 0 Å². The quantitative estimate of drug-likeness (QED) is 0.489. The first-order chi connectivity index (χ1) is 16.5. The van der Waals surface area contributed by atoms with Gasteiger partial charge in [0.2, 0.25) is 0 Å². The largest absolute Gasteiger partial charge is 0.369 e.